The van der Waals surface area contributed by atoms with Crippen LogP contribution in [-0.4, -0.2) is 28.7 Å². The maximum Gasteiger partial charge on any atom is 0.357 e. The Morgan fingerprint density at radius 3 is 2.39 bits per heavy atom. The normalized spacial score (nSPS) is 11.6. The second-order valence-corrected chi connectivity index (χ2v) is 8.84. The third-order valence-electron chi connectivity index (χ3n) is 5.32. The van der Waals surface area contributed by atoms with Crippen LogP contribution in [0.4, 0.5) is 0 Å². The molecule has 0 amide bonds. The molecule has 2 aromatic carbocycles. The minimum Gasteiger partial charge on any atom is -0.458 e. The molecular weight excluding hydrogens is 440 g/mol. The fraction of sp³-hybridized carbons (Fsp3) is 0.308. The summed E-state index contributed by atoms with van der Waals surface area (Å²) in [6.07, 6.45) is 1.48. The number of pyridine rings is 1. The molecule has 7 heteroatoms. The number of halogens is 1. The van der Waals surface area contributed by atoms with Gasteiger partial charge in [-0.1, -0.05) is 17.7 Å². The molecule has 2 aromatic heterocycles. The number of hydrogen-bond donors (Lipinski definition) is 0. The molecule has 0 unspecified atom stereocenters. The second kappa shape index (κ2) is 9.41. The molecule has 0 atom stereocenters. The van der Waals surface area contributed by atoms with Crippen molar-refractivity contribution in [2.75, 3.05) is 7.11 Å². The van der Waals surface area contributed by atoms with Gasteiger partial charge in [0.1, 0.15) is 11.5 Å². The molecule has 0 aliphatic heterocycles. The van der Waals surface area contributed by atoms with E-state index in [9.17, 15) is 4.79 Å². The molecule has 0 bridgehead atoms. The maximum absolute atomic E-state index is 12.9. The molecule has 0 radical (unpaired) electrons. The Labute approximate surface area is 198 Å². The van der Waals surface area contributed by atoms with Crippen molar-refractivity contribution in [3.8, 4) is 11.5 Å². The van der Waals surface area contributed by atoms with Gasteiger partial charge < -0.3 is 18.8 Å². The number of carbonyl (C=O) groups is 1. The van der Waals surface area contributed by atoms with E-state index in [-0.39, 0.29) is 24.4 Å². The summed E-state index contributed by atoms with van der Waals surface area (Å²) in [7, 11) is 1.60. The van der Waals surface area contributed by atoms with Crippen LogP contribution in [0.3, 0.4) is 0 Å². The minimum atomic E-state index is -0.472. The van der Waals surface area contributed by atoms with Crippen LogP contribution >= 0.6 is 11.6 Å². The van der Waals surface area contributed by atoms with E-state index < -0.39 is 5.97 Å². The van der Waals surface area contributed by atoms with Crippen LogP contribution in [0.2, 0.25) is 5.02 Å². The van der Waals surface area contributed by atoms with Gasteiger partial charge in [0.25, 0.3) is 0 Å². The molecule has 172 valence electrons. The van der Waals surface area contributed by atoms with Crippen LogP contribution in [0.15, 0.2) is 48.7 Å². The third kappa shape index (κ3) is 4.41. The predicted octanol–water partition coefficient (Wildman–Crippen LogP) is 6.93. The van der Waals surface area contributed by atoms with E-state index in [4.69, 9.17) is 25.8 Å². The van der Waals surface area contributed by atoms with Gasteiger partial charge >= 0.3 is 5.97 Å². The van der Waals surface area contributed by atoms with Crippen molar-refractivity contribution in [1.82, 2.24) is 9.55 Å². The summed E-state index contributed by atoms with van der Waals surface area (Å²) < 4.78 is 19.5. The third-order valence-corrected chi connectivity index (χ3v) is 5.57. The summed E-state index contributed by atoms with van der Waals surface area (Å²) in [5.74, 6) is 0.866. The fourth-order valence-corrected chi connectivity index (χ4v) is 4.23. The number of rotatable bonds is 7. The minimum absolute atomic E-state index is 0.154. The molecule has 33 heavy (non-hydrogen) atoms. The van der Waals surface area contributed by atoms with Gasteiger partial charge in [0, 0.05) is 29.1 Å². The zero-order valence-corrected chi connectivity index (χ0v) is 20.1. The Bertz CT molecular complexity index is 1310. The van der Waals surface area contributed by atoms with Crippen LogP contribution in [0.25, 0.3) is 21.8 Å². The first-order valence-electron chi connectivity index (χ1n) is 10.9. The second-order valence-electron chi connectivity index (χ2n) is 8.40. The monoisotopic (exact) mass is 466 g/mol. The highest BCUT2D eigenvalue weighted by atomic mass is 35.5. The van der Waals surface area contributed by atoms with Gasteiger partial charge in [0.2, 0.25) is 0 Å². The lowest BCUT2D eigenvalue weighted by Gasteiger charge is -2.14. The first kappa shape index (κ1) is 23.1. The van der Waals surface area contributed by atoms with Gasteiger partial charge in [-0.25, -0.2) is 9.78 Å². The summed E-state index contributed by atoms with van der Waals surface area (Å²) in [5.41, 5.74) is 2.82. The van der Waals surface area contributed by atoms with E-state index in [1.165, 1.54) is 0 Å². The number of nitrogens with zero attached hydrogens (tertiary/aromatic N) is 2. The number of methoxy groups -OCH3 is 1. The topological polar surface area (TPSA) is 62.6 Å². The fourth-order valence-electron chi connectivity index (χ4n) is 4.11. The first-order valence-corrected chi connectivity index (χ1v) is 11.3. The van der Waals surface area contributed by atoms with Crippen molar-refractivity contribution >= 4 is 39.4 Å². The molecule has 6 nitrogen and oxygen atoms in total. The average Bonchev–Trinajstić information content (AvgIpc) is 3.11. The quantitative estimate of drug-likeness (QED) is 0.276. The van der Waals surface area contributed by atoms with Crippen molar-refractivity contribution in [1.29, 1.82) is 0 Å². The van der Waals surface area contributed by atoms with Crippen molar-refractivity contribution in [3.63, 3.8) is 0 Å². The Morgan fingerprint density at radius 1 is 1.03 bits per heavy atom. The zero-order valence-electron chi connectivity index (χ0n) is 19.4. The van der Waals surface area contributed by atoms with Crippen LogP contribution in [0.5, 0.6) is 11.5 Å². The Morgan fingerprint density at radius 2 is 1.76 bits per heavy atom. The summed E-state index contributed by atoms with van der Waals surface area (Å²) in [6, 6.07) is 13.3. The van der Waals surface area contributed by atoms with Gasteiger partial charge in [0.15, 0.2) is 5.69 Å². The number of benzene rings is 2. The first-order chi connectivity index (χ1) is 15.8. The van der Waals surface area contributed by atoms with Crippen LogP contribution in [0.1, 0.15) is 49.8 Å². The lowest BCUT2D eigenvalue weighted by atomic mass is 10.0. The summed E-state index contributed by atoms with van der Waals surface area (Å²) in [6.45, 7) is 8.06. The molecule has 2 heterocycles. The van der Waals surface area contributed by atoms with Gasteiger partial charge in [-0.15, -0.1) is 0 Å². The smallest absolute Gasteiger partial charge is 0.357 e. The number of fused-ring (bicyclic) bond motifs is 3. The number of aromatic nitrogens is 2. The summed E-state index contributed by atoms with van der Waals surface area (Å²) in [4.78, 5) is 17.4. The van der Waals surface area contributed by atoms with E-state index in [1.807, 2.05) is 44.2 Å². The van der Waals surface area contributed by atoms with E-state index in [2.05, 4.69) is 23.4 Å². The van der Waals surface area contributed by atoms with Crippen LogP contribution in [-0.2, 0) is 16.1 Å². The number of esters is 1. The zero-order chi connectivity index (χ0) is 23.7. The van der Waals surface area contributed by atoms with Crippen molar-refractivity contribution < 1.29 is 19.0 Å². The van der Waals surface area contributed by atoms with E-state index >= 15 is 0 Å². The number of carbonyl (C=O) groups excluding carboxylic acids is 1. The molecule has 4 aromatic rings. The van der Waals surface area contributed by atoms with Gasteiger partial charge in [0.05, 0.1) is 35.3 Å². The van der Waals surface area contributed by atoms with Crippen molar-refractivity contribution in [2.24, 2.45) is 0 Å². The lowest BCUT2D eigenvalue weighted by molar-refractivity contribution is 0.0366. The SMILES string of the molecule is COCc1c(C(=O)OC(C)C)ncc2c1c1c(Oc3ccc(Cl)cc3)cccc1n2C(C)C. The molecule has 0 saturated carbocycles. The lowest BCUT2D eigenvalue weighted by Crippen LogP contribution is -2.16. The maximum atomic E-state index is 12.9. The molecule has 0 saturated heterocycles. The molecule has 0 aliphatic carbocycles. The summed E-state index contributed by atoms with van der Waals surface area (Å²) >= 11 is 6.04. The molecular formula is C26H27ClN2O4. The van der Waals surface area contributed by atoms with Gasteiger partial charge in [-0.05, 0) is 64.1 Å². The van der Waals surface area contributed by atoms with Crippen LogP contribution < -0.4 is 4.74 Å². The molecule has 0 N–H and O–H groups in total. The molecule has 0 aliphatic rings. The standard InChI is InChI=1S/C26H27ClN2O4/c1-15(2)29-20-7-6-8-22(33-18-11-9-17(27)10-12-18)24(20)23-19(14-31-5)25(28-13-21(23)29)26(30)32-16(3)4/h6-13,15-16H,14H2,1-5H3. The Kier molecular flexibility index (Phi) is 6.58. The molecule has 0 spiro atoms. The van der Waals surface area contributed by atoms with E-state index in [0.29, 0.717) is 22.1 Å². The highest BCUT2D eigenvalue weighted by Gasteiger charge is 2.25. The van der Waals surface area contributed by atoms with Crippen LogP contribution in [0, 0.1) is 0 Å². The molecule has 4 rings (SSSR count). The number of hydrogen-bond acceptors (Lipinski definition) is 5. The Hall–Kier alpha value is -3.09. The molecule has 0 fully saturated rings. The average molecular weight is 467 g/mol. The largest absolute Gasteiger partial charge is 0.458 e. The van der Waals surface area contributed by atoms with Crippen molar-refractivity contribution in [3.05, 3.63) is 64.9 Å². The van der Waals surface area contributed by atoms with E-state index in [1.54, 1.807) is 25.4 Å². The van der Waals surface area contributed by atoms with Gasteiger partial charge in [-0.2, -0.15) is 0 Å². The predicted molar refractivity (Wildman–Crippen MR) is 130 cm³/mol. The summed E-state index contributed by atoms with van der Waals surface area (Å²) in [5, 5.41) is 2.40. The van der Waals surface area contributed by atoms with E-state index in [0.717, 1.165) is 21.8 Å². The highest BCUT2D eigenvalue weighted by molar-refractivity contribution is 6.30. The number of ether oxygens (including phenoxy) is 3. The van der Waals surface area contributed by atoms with Gasteiger partial charge in [-0.3, -0.25) is 0 Å². The Balaban J connectivity index is 2.04. The van der Waals surface area contributed by atoms with Crippen molar-refractivity contribution in [2.45, 2.75) is 46.4 Å². The highest BCUT2D eigenvalue weighted by Crippen LogP contribution is 2.41.